The second-order valence-electron chi connectivity index (χ2n) is 5.14. The summed E-state index contributed by atoms with van der Waals surface area (Å²) in [6.07, 6.45) is 5.17. The largest absolute Gasteiger partial charge is 0.392 e. The maximum atomic E-state index is 12.5. The van der Waals surface area contributed by atoms with Crippen LogP contribution in [0.5, 0.6) is 0 Å². The van der Waals surface area contributed by atoms with Crippen molar-refractivity contribution in [3.8, 4) is 0 Å². The number of amides is 1. The monoisotopic (exact) mass is 256 g/mol. The van der Waals surface area contributed by atoms with Crippen LogP contribution < -0.4 is 5.73 Å². The van der Waals surface area contributed by atoms with Gasteiger partial charge in [-0.15, -0.1) is 0 Å². The van der Waals surface area contributed by atoms with E-state index in [0.29, 0.717) is 23.7 Å². The number of nitrogens with zero attached hydrogens (tertiary/aromatic N) is 1. The molecule has 1 amide bonds. The molecule has 1 fully saturated rings. The molecule has 0 aromatic carbocycles. The van der Waals surface area contributed by atoms with Crippen molar-refractivity contribution in [3.05, 3.63) is 0 Å². The van der Waals surface area contributed by atoms with Crippen LogP contribution in [0.15, 0.2) is 0 Å². The summed E-state index contributed by atoms with van der Waals surface area (Å²) in [6.45, 7) is 4.82. The van der Waals surface area contributed by atoms with Crippen molar-refractivity contribution in [1.82, 2.24) is 4.90 Å². The quantitative estimate of drug-likeness (QED) is 0.742. The summed E-state index contributed by atoms with van der Waals surface area (Å²) < 4.78 is 0. The van der Waals surface area contributed by atoms with Gasteiger partial charge >= 0.3 is 0 Å². The summed E-state index contributed by atoms with van der Waals surface area (Å²) in [4.78, 5) is 14.7. The molecule has 3 nitrogen and oxygen atoms in total. The van der Waals surface area contributed by atoms with Gasteiger partial charge in [0.15, 0.2) is 0 Å². The van der Waals surface area contributed by atoms with E-state index in [1.165, 1.54) is 19.3 Å². The maximum absolute atomic E-state index is 12.5. The topological polar surface area (TPSA) is 46.3 Å². The van der Waals surface area contributed by atoms with Gasteiger partial charge in [0.1, 0.15) is 0 Å². The number of hydrogen-bond donors (Lipinski definition) is 1. The van der Waals surface area contributed by atoms with Crippen LogP contribution in [0.4, 0.5) is 0 Å². The first-order valence-corrected chi connectivity index (χ1v) is 6.94. The van der Waals surface area contributed by atoms with Crippen molar-refractivity contribution in [1.29, 1.82) is 0 Å². The van der Waals surface area contributed by atoms with E-state index in [1.54, 1.807) is 0 Å². The molecule has 2 N–H and O–H groups in total. The summed E-state index contributed by atoms with van der Waals surface area (Å²) >= 11 is 5.11. The molecule has 0 aromatic rings. The van der Waals surface area contributed by atoms with Gasteiger partial charge in [-0.2, -0.15) is 0 Å². The van der Waals surface area contributed by atoms with Crippen molar-refractivity contribution < 1.29 is 4.79 Å². The fourth-order valence-electron chi connectivity index (χ4n) is 2.52. The first-order chi connectivity index (χ1) is 7.97. The van der Waals surface area contributed by atoms with Crippen LogP contribution in [0.25, 0.3) is 0 Å². The van der Waals surface area contributed by atoms with Crippen LogP contribution in [-0.2, 0) is 4.79 Å². The Morgan fingerprint density at radius 2 is 1.94 bits per heavy atom. The summed E-state index contributed by atoms with van der Waals surface area (Å²) in [5.74, 6) is 0.781. The highest BCUT2D eigenvalue weighted by Crippen LogP contribution is 2.32. The smallest absolute Gasteiger partial charge is 0.235 e. The highest BCUT2D eigenvalue weighted by Gasteiger charge is 2.40. The van der Waals surface area contributed by atoms with E-state index in [2.05, 4.69) is 0 Å². The zero-order valence-corrected chi connectivity index (χ0v) is 12.0. The van der Waals surface area contributed by atoms with Gasteiger partial charge in [0.2, 0.25) is 5.91 Å². The number of hydrogen-bond acceptors (Lipinski definition) is 2. The Labute approximate surface area is 110 Å². The lowest BCUT2D eigenvalue weighted by Crippen LogP contribution is -2.50. The average molecular weight is 256 g/mol. The Morgan fingerprint density at radius 3 is 2.24 bits per heavy atom. The van der Waals surface area contributed by atoms with E-state index >= 15 is 0 Å². The Balaban J connectivity index is 2.72. The van der Waals surface area contributed by atoms with Crippen LogP contribution >= 0.6 is 12.2 Å². The molecule has 1 aliphatic carbocycles. The van der Waals surface area contributed by atoms with Gasteiger partial charge in [-0.1, -0.05) is 32.5 Å². The van der Waals surface area contributed by atoms with Gasteiger partial charge in [0.05, 0.1) is 10.4 Å². The van der Waals surface area contributed by atoms with Gasteiger partial charge in [-0.25, -0.2) is 0 Å². The number of carbonyl (C=O) groups is 1. The molecular formula is C13H24N2OS. The minimum atomic E-state index is -0.631. The minimum absolute atomic E-state index is 0.0990. The number of carbonyl (C=O) groups excluding carboxylic acids is 1. The molecule has 0 aliphatic heterocycles. The molecule has 98 valence electrons. The number of thiocarbonyl (C=S) groups is 1. The minimum Gasteiger partial charge on any atom is -0.392 e. The van der Waals surface area contributed by atoms with Crippen LogP contribution in [0.3, 0.4) is 0 Å². The van der Waals surface area contributed by atoms with Gasteiger partial charge < -0.3 is 10.6 Å². The van der Waals surface area contributed by atoms with Crippen molar-refractivity contribution in [3.63, 3.8) is 0 Å². The molecule has 0 atom stereocenters. The number of nitrogens with two attached hydrogens (primary N) is 1. The zero-order valence-electron chi connectivity index (χ0n) is 11.2. The lowest BCUT2D eigenvalue weighted by atomic mass is 9.79. The maximum Gasteiger partial charge on any atom is 0.235 e. The van der Waals surface area contributed by atoms with Gasteiger partial charge in [0.25, 0.3) is 0 Å². The van der Waals surface area contributed by atoms with Crippen LogP contribution in [0, 0.1) is 11.3 Å². The predicted molar refractivity (Wildman–Crippen MR) is 74.8 cm³/mol. The molecule has 1 saturated carbocycles. The van der Waals surface area contributed by atoms with Crippen LogP contribution in [-0.4, -0.2) is 29.4 Å². The second kappa shape index (κ2) is 5.80. The van der Waals surface area contributed by atoms with E-state index in [0.717, 1.165) is 6.54 Å². The van der Waals surface area contributed by atoms with E-state index in [4.69, 9.17) is 18.0 Å². The van der Waals surface area contributed by atoms with Crippen molar-refractivity contribution >= 4 is 23.1 Å². The van der Waals surface area contributed by atoms with Crippen molar-refractivity contribution in [2.75, 3.05) is 13.6 Å². The molecule has 4 heteroatoms. The summed E-state index contributed by atoms with van der Waals surface area (Å²) in [7, 11) is 1.87. The molecule has 17 heavy (non-hydrogen) atoms. The molecule has 0 spiro atoms. The van der Waals surface area contributed by atoms with Crippen molar-refractivity contribution in [2.24, 2.45) is 17.1 Å². The highest BCUT2D eigenvalue weighted by molar-refractivity contribution is 7.80. The highest BCUT2D eigenvalue weighted by atomic mass is 32.1. The molecule has 0 aromatic heterocycles. The summed E-state index contributed by atoms with van der Waals surface area (Å²) in [5, 5.41) is 0. The SMILES string of the molecule is CCC(CC)(C(=O)N(C)CC1CCC1)C(N)=S. The van der Waals surface area contributed by atoms with Gasteiger partial charge in [-0.3, -0.25) is 4.79 Å². The zero-order chi connectivity index (χ0) is 13.1. The van der Waals surface area contributed by atoms with E-state index in [-0.39, 0.29) is 5.91 Å². The third-order valence-electron chi connectivity index (χ3n) is 4.19. The Kier molecular flexibility index (Phi) is 4.92. The number of rotatable bonds is 6. The van der Waals surface area contributed by atoms with Crippen LogP contribution in [0.1, 0.15) is 46.0 Å². The average Bonchev–Trinajstić information content (AvgIpc) is 2.25. The molecule has 0 radical (unpaired) electrons. The Bertz CT molecular complexity index is 296. The molecule has 0 bridgehead atoms. The molecular weight excluding hydrogens is 232 g/mol. The van der Waals surface area contributed by atoms with E-state index in [1.807, 2.05) is 25.8 Å². The van der Waals surface area contributed by atoms with E-state index < -0.39 is 5.41 Å². The van der Waals surface area contributed by atoms with E-state index in [9.17, 15) is 4.79 Å². The summed E-state index contributed by atoms with van der Waals surface area (Å²) in [5.41, 5.74) is 5.16. The fourth-order valence-corrected chi connectivity index (χ4v) is 2.89. The third-order valence-corrected chi connectivity index (χ3v) is 4.58. The molecule has 0 unspecified atom stereocenters. The molecule has 0 heterocycles. The molecule has 0 saturated heterocycles. The standard InChI is InChI=1S/C13H24N2OS/c1-4-13(5-2,11(14)17)12(16)15(3)9-10-7-6-8-10/h10H,4-9H2,1-3H3,(H2,14,17). The van der Waals surface area contributed by atoms with Gasteiger partial charge in [0, 0.05) is 13.6 Å². The van der Waals surface area contributed by atoms with Gasteiger partial charge in [-0.05, 0) is 31.6 Å². The van der Waals surface area contributed by atoms with Crippen molar-refractivity contribution in [2.45, 2.75) is 46.0 Å². The fraction of sp³-hybridized carbons (Fsp3) is 0.846. The summed E-state index contributed by atoms with van der Waals surface area (Å²) in [6, 6.07) is 0. The predicted octanol–water partition coefficient (Wildman–Crippen LogP) is 2.34. The first kappa shape index (κ1) is 14.4. The Hall–Kier alpha value is -0.640. The first-order valence-electron chi connectivity index (χ1n) is 6.53. The molecule has 1 rings (SSSR count). The lowest BCUT2D eigenvalue weighted by molar-refractivity contribution is -0.138. The lowest BCUT2D eigenvalue weighted by Gasteiger charge is -2.36. The second-order valence-corrected chi connectivity index (χ2v) is 5.58. The molecule has 1 aliphatic rings. The normalized spacial score (nSPS) is 16.4. The Morgan fingerprint density at radius 1 is 1.41 bits per heavy atom. The third kappa shape index (κ3) is 2.79. The van der Waals surface area contributed by atoms with Crippen LogP contribution in [0.2, 0.25) is 0 Å².